The number of imidazole rings is 1. The van der Waals surface area contributed by atoms with Gasteiger partial charge in [-0.05, 0) is 26.8 Å². The molecule has 3 rings (SSSR count). The van der Waals surface area contributed by atoms with Crippen molar-refractivity contribution in [2.24, 2.45) is 0 Å². The van der Waals surface area contributed by atoms with Crippen molar-refractivity contribution in [1.82, 2.24) is 14.4 Å². The van der Waals surface area contributed by atoms with Gasteiger partial charge in [-0.2, -0.15) is 0 Å². The molecule has 0 unspecified atom stereocenters. The van der Waals surface area contributed by atoms with Crippen LogP contribution in [0.25, 0.3) is 17.0 Å². The van der Waals surface area contributed by atoms with Crippen LogP contribution in [0.2, 0.25) is 0 Å². The fourth-order valence-corrected chi connectivity index (χ4v) is 2.41. The molecular weight excluding hydrogens is 222 g/mol. The topological polar surface area (TPSA) is 30.2 Å². The lowest BCUT2D eigenvalue weighted by molar-refractivity contribution is 1.02. The van der Waals surface area contributed by atoms with Crippen LogP contribution >= 0.6 is 0 Å². The third-order valence-electron chi connectivity index (χ3n) is 3.13. The minimum Gasteiger partial charge on any atom is -0.281 e. The normalized spacial score (nSPS) is 11.1. The summed E-state index contributed by atoms with van der Waals surface area (Å²) in [6.45, 7) is 6.13. The standard InChI is InChI=1S/C15H15N3/c1-10-9-11(2)18-14(12(3)17-15(18)16-10)13-7-5-4-6-8-13/h4-9H,1-3H3. The van der Waals surface area contributed by atoms with E-state index in [1.807, 2.05) is 32.0 Å². The molecular formula is C15H15N3. The summed E-state index contributed by atoms with van der Waals surface area (Å²) in [5.41, 5.74) is 5.50. The van der Waals surface area contributed by atoms with E-state index in [1.54, 1.807) is 0 Å². The predicted octanol–water partition coefficient (Wildman–Crippen LogP) is 3.32. The van der Waals surface area contributed by atoms with Crippen LogP contribution in [0.5, 0.6) is 0 Å². The second kappa shape index (κ2) is 3.95. The fraction of sp³-hybridized carbons (Fsp3) is 0.200. The van der Waals surface area contributed by atoms with E-state index >= 15 is 0 Å². The quantitative estimate of drug-likeness (QED) is 0.650. The molecule has 0 atom stereocenters. The Balaban J connectivity index is 2.40. The van der Waals surface area contributed by atoms with Crippen molar-refractivity contribution in [2.45, 2.75) is 20.8 Å². The van der Waals surface area contributed by atoms with E-state index in [9.17, 15) is 0 Å². The van der Waals surface area contributed by atoms with Gasteiger partial charge < -0.3 is 0 Å². The number of benzene rings is 1. The lowest BCUT2D eigenvalue weighted by Crippen LogP contribution is -1.98. The lowest BCUT2D eigenvalue weighted by Gasteiger charge is -2.06. The maximum Gasteiger partial charge on any atom is 0.234 e. The number of hydrogen-bond acceptors (Lipinski definition) is 2. The zero-order valence-corrected chi connectivity index (χ0v) is 10.8. The molecule has 2 aromatic heterocycles. The van der Waals surface area contributed by atoms with Crippen LogP contribution in [0.15, 0.2) is 36.4 Å². The maximum absolute atomic E-state index is 4.56. The summed E-state index contributed by atoms with van der Waals surface area (Å²) in [4.78, 5) is 9.06. The molecule has 0 bridgehead atoms. The van der Waals surface area contributed by atoms with Gasteiger partial charge in [0.05, 0.1) is 11.4 Å². The average Bonchev–Trinajstić information content (AvgIpc) is 2.66. The SMILES string of the molecule is Cc1cc(C)n2c(-c3ccccc3)c(C)nc2n1. The van der Waals surface area contributed by atoms with E-state index in [0.29, 0.717) is 0 Å². The van der Waals surface area contributed by atoms with Gasteiger partial charge in [0.15, 0.2) is 0 Å². The molecule has 1 aromatic carbocycles. The summed E-state index contributed by atoms with van der Waals surface area (Å²) in [5.74, 6) is 0.781. The average molecular weight is 237 g/mol. The highest BCUT2D eigenvalue weighted by molar-refractivity contribution is 5.66. The Hall–Kier alpha value is -2.16. The van der Waals surface area contributed by atoms with Crippen molar-refractivity contribution >= 4 is 5.78 Å². The van der Waals surface area contributed by atoms with Gasteiger partial charge in [-0.25, -0.2) is 9.97 Å². The molecule has 0 amide bonds. The van der Waals surface area contributed by atoms with Crippen LogP contribution in [-0.4, -0.2) is 14.4 Å². The van der Waals surface area contributed by atoms with Gasteiger partial charge in [0.2, 0.25) is 5.78 Å². The lowest BCUT2D eigenvalue weighted by atomic mass is 10.1. The van der Waals surface area contributed by atoms with E-state index in [0.717, 1.165) is 28.6 Å². The third-order valence-corrected chi connectivity index (χ3v) is 3.13. The Kier molecular flexibility index (Phi) is 2.40. The molecule has 0 saturated carbocycles. The summed E-state index contributed by atoms with van der Waals surface area (Å²) in [6, 6.07) is 12.4. The summed E-state index contributed by atoms with van der Waals surface area (Å²) < 4.78 is 2.12. The first kappa shape index (κ1) is 11.0. The Morgan fingerprint density at radius 1 is 0.944 bits per heavy atom. The number of aryl methyl sites for hydroxylation is 3. The van der Waals surface area contributed by atoms with E-state index in [4.69, 9.17) is 0 Å². The van der Waals surface area contributed by atoms with Crippen LogP contribution < -0.4 is 0 Å². The van der Waals surface area contributed by atoms with Crippen molar-refractivity contribution in [1.29, 1.82) is 0 Å². The van der Waals surface area contributed by atoms with Gasteiger partial charge in [-0.1, -0.05) is 30.3 Å². The monoisotopic (exact) mass is 237 g/mol. The van der Waals surface area contributed by atoms with Crippen molar-refractivity contribution in [2.75, 3.05) is 0 Å². The van der Waals surface area contributed by atoms with Crippen molar-refractivity contribution < 1.29 is 0 Å². The van der Waals surface area contributed by atoms with Crippen LogP contribution in [0, 0.1) is 20.8 Å². The van der Waals surface area contributed by atoms with Crippen molar-refractivity contribution in [3.8, 4) is 11.3 Å². The Bertz CT molecular complexity index is 711. The van der Waals surface area contributed by atoms with Gasteiger partial charge in [-0.3, -0.25) is 4.40 Å². The Morgan fingerprint density at radius 3 is 2.39 bits per heavy atom. The molecule has 3 heteroatoms. The number of aromatic nitrogens is 3. The molecule has 0 spiro atoms. The molecule has 0 fully saturated rings. The van der Waals surface area contributed by atoms with Gasteiger partial charge in [0, 0.05) is 17.0 Å². The summed E-state index contributed by atoms with van der Waals surface area (Å²) >= 11 is 0. The molecule has 0 saturated heterocycles. The van der Waals surface area contributed by atoms with E-state index < -0.39 is 0 Å². The first-order chi connectivity index (χ1) is 8.66. The van der Waals surface area contributed by atoms with Crippen LogP contribution in [0.4, 0.5) is 0 Å². The molecule has 90 valence electrons. The molecule has 3 aromatic rings. The maximum atomic E-state index is 4.56. The van der Waals surface area contributed by atoms with Gasteiger partial charge in [0.1, 0.15) is 0 Å². The second-order valence-electron chi connectivity index (χ2n) is 4.59. The summed E-state index contributed by atoms with van der Waals surface area (Å²) in [6.07, 6.45) is 0. The highest BCUT2D eigenvalue weighted by Crippen LogP contribution is 2.25. The van der Waals surface area contributed by atoms with Crippen LogP contribution in [0.3, 0.4) is 0 Å². The smallest absolute Gasteiger partial charge is 0.234 e. The minimum atomic E-state index is 0.781. The van der Waals surface area contributed by atoms with Gasteiger partial charge in [-0.15, -0.1) is 0 Å². The minimum absolute atomic E-state index is 0.781. The van der Waals surface area contributed by atoms with Gasteiger partial charge in [0.25, 0.3) is 0 Å². The molecule has 0 radical (unpaired) electrons. The predicted molar refractivity (Wildman–Crippen MR) is 72.6 cm³/mol. The highest BCUT2D eigenvalue weighted by Gasteiger charge is 2.13. The molecule has 0 aliphatic heterocycles. The highest BCUT2D eigenvalue weighted by atomic mass is 15.1. The van der Waals surface area contributed by atoms with E-state index in [2.05, 4.69) is 39.5 Å². The molecule has 0 aliphatic rings. The second-order valence-corrected chi connectivity index (χ2v) is 4.59. The first-order valence-corrected chi connectivity index (χ1v) is 6.05. The third kappa shape index (κ3) is 1.59. The van der Waals surface area contributed by atoms with E-state index in [-0.39, 0.29) is 0 Å². The Morgan fingerprint density at radius 2 is 1.67 bits per heavy atom. The van der Waals surface area contributed by atoms with Crippen molar-refractivity contribution in [3.63, 3.8) is 0 Å². The Labute approximate surface area is 106 Å². The molecule has 0 N–H and O–H groups in total. The first-order valence-electron chi connectivity index (χ1n) is 6.05. The zero-order valence-electron chi connectivity index (χ0n) is 10.8. The summed E-state index contributed by atoms with van der Waals surface area (Å²) in [5, 5.41) is 0. The van der Waals surface area contributed by atoms with Gasteiger partial charge >= 0.3 is 0 Å². The zero-order chi connectivity index (χ0) is 12.7. The molecule has 2 heterocycles. The van der Waals surface area contributed by atoms with Crippen molar-refractivity contribution in [3.05, 3.63) is 53.5 Å². The van der Waals surface area contributed by atoms with E-state index in [1.165, 1.54) is 5.56 Å². The van der Waals surface area contributed by atoms with Crippen LogP contribution in [0.1, 0.15) is 17.1 Å². The number of fused-ring (bicyclic) bond motifs is 1. The number of nitrogens with zero attached hydrogens (tertiary/aromatic N) is 3. The largest absolute Gasteiger partial charge is 0.281 e. The number of hydrogen-bond donors (Lipinski definition) is 0. The number of rotatable bonds is 1. The fourth-order valence-electron chi connectivity index (χ4n) is 2.41. The summed E-state index contributed by atoms with van der Waals surface area (Å²) in [7, 11) is 0. The molecule has 3 nitrogen and oxygen atoms in total. The molecule has 18 heavy (non-hydrogen) atoms. The molecule has 0 aliphatic carbocycles. The van der Waals surface area contributed by atoms with Crippen LogP contribution in [-0.2, 0) is 0 Å².